The van der Waals surface area contributed by atoms with Gasteiger partial charge in [-0.1, -0.05) is 78.9 Å². The van der Waals surface area contributed by atoms with Crippen LogP contribution in [0.3, 0.4) is 0 Å². The molecule has 180 valence electrons. The van der Waals surface area contributed by atoms with E-state index in [4.69, 9.17) is 9.47 Å². The number of hydrogen-bond donors (Lipinski definition) is 3. The van der Waals surface area contributed by atoms with Gasteiger partial charge in [0.2, 0.25) is 11.6 Å². The number of aliphatic hydroxyl groups excluding tert-OH is 3. The van der Waals surface area contributed by atoms with Crippen LogP contribution in [0.5, 0.6) is 0 Å². The van der Waals surface area contributed by atoms with Crippen LogP contribution in [0.15, 0.2) is 91.0 Å². The zero-order chi connectivity index (χ0) is 25.0. The fraction of sp³-hybridized carbons (Fsp3) is 0.222. The second-order valence-electron chi connectivity index (χ2n) is 8.19. The van der Waals surface area contributed by atoms with Gasteiger partial charge in [0.05, 0.1) is 11.7 Å². The summed E-state index contributed by atoms with van der Waals surface area (Å²) in [7, 11) is 0. The summed E-state index contributed by atoms with van der Waals surface area (Å²) in [5.74, 6) is -2.76. The molecule has 3 N–H and O–H groups in total. The van der Waals surface area contributed by atoms with E-state index in [2.05, 4.69) is 0 Å². The Hall–Kier alpha value is -3.69. The first-order chi connectivity index (χ1) is 16.8. The second-order valence-corrected chi connectivity index (χ2v) is 8.19. The molecule has 0 aliphatic carbocycles. The van der Waals surface area contributed by atoms with Crippen molar-refractivity contribution in [3.8, 4) is 0 Å². The zero-order valence-corrected chi connectivity index (χ0v) is 18.6. The molecule has 1 heterocycles. The van der Waals surface area contributed by atoms with E-state index in [1.807, 2.05) is 0 Å². The smallest absolute Gasteiger partial charge is 0.339 e. The number of esters is 1. The quantitative estimate of drug-likeness (QED) is 0.269. The van der Waals surface area contributed by atoms with Crippen molar-refractivity contribution in [3.05, 3.63) is 108 Å². The van der Waals surface area contributed by atoms with Gasteiger partial charge in [0, 0.05) is 17.5 Å². The number of Topliss-reactive ketones (excluding diaryl/α,β-unsaturated/α-hetero) is 2. The summed E-state index contributed by atoms with van der Waals surface area (Å²) in [6, 6.07) is 23.3. The molecule has 4 atom stereocenters. The lowest BCUT2D eigenvalue weighted by Crippen LogP contribution is -2.64. The summed E-state index contributed by atoms with van der Waals surface area (Å²) in [6.07, 6.45) is -7.22. The molecule has 0 amide bonds. The number of hydrogen-bond acceptors (Lipinski definition) is 8. The van der Waals surface area contributed by atoms with Gasteiger partial charge in [0.1, 0.15) is 12.2 Å². The summed E-state index contributed by atoms with van der Waals surface area (Å²) in [6.45, 7) is 0. The van der Waals surface area contributed by atoms with E-state index in [-0.39, 0.29) is 16.7 Å². The van der Waals surface area contributed by atoms with Crippen molar-refractivity contribution in [3.63, 3.8) is 0 Å². The summed E-state index contributed by atoms with van der Waals surface area (Å²) in [5.41, 5.74) is -2.43. The van der Waals surface area contributed by atoms with E-state index in [0.717, 1.165) is 0 Å². The van der Waals surface area contributed by atoms with Crippen LogP contribution in [0, 0.1) is 0 Å². The number of carbonyl (C=O) groups excluding carboxylic acids is 3. The minimum Gasteiger partial charge on any atom is -0.436 e. The van der Waals surface area contributed by atoms with Crippen molar-refractivity contribution in [2.75, 3.05) is 0 Å². The van der Waals surface area contributed by atoms with Crippen LogP contribution in [-0.4, -0.2) is 63.1 Å². The Morgan fingerprint density at radius 3 is 1.57 bits per heavy atom. The summed E-state index contributed by atoms with van der Waals surface area (Å²) in [4.78, 5) is 41.3. The van der Waals surface area contributed by atoms with Crippen LogP contribution in [0.2, 0.25) is 0 Å². The SMILES string of the molecule is O=C(OC(C(=O)c1ccccc1)(C(=O)c1ccccc1)[C@@H]1C[C@H](O)[C@@H](O)[C@@H](O)O1)c1ccccc1. The van der Waals surface area contributed by atoms with Gasteiger partial charge in [-0.15, -0.1) is 0 Å². The Bertz CT molecular complexity index is 1120. The van der Waals surface area contributed by atoms with Gasteiger partial charge in [0.15, 0.2) is 6.29 Å². The highest BCUT2D eigenvalue weighted by Gasteiger charge is 2.60. The largest absolute Gasteiger partial charge is 0.436 e. The molecule has 1 aliphatic rings. The van der Waals surface area contributed by atoms with Gasteiger partial charge in [-0.25, -0.2) is 4.79 Å². The fourth-order valence-corrected chi connectivity index (χ4v) is 4.06. The zero-order valence-electron chi connectivity index (χ0n) is 18.6. The van der Waals surface area contributed by atoms with Crippen LogP contribution in [0.25, 0.3) is 0 Å². The van der Waals surface area contributed by atoms with E-state index in [0.29, 0.717) is 0 Å². The van der Waals surface area contributed by atoms with Crippen molar-refractivity contribution in [2.45, 2.75) is 36.6 Å². The highest BCUT2D eigenvalue weighted by molar-refractivity contribution is 6.24. The van der Waals surface area contributed by atoms with Gasteiger partial charge < -0.3 is 24.8 Å². The third-order valence-electron chi connectivity index (χ3n) is 5.91. The Morgan fingerprint density at radius 2 is 1.14 bits per heavy atom. The predicted molar refractivity (Wildman–Crippen MR) is 124 cm³/mol. The van der Waals surface area contributed by atoms with Crippen molar-refractivity contribution in [1.82, 2.24) is 0 Å². The predicted octanol–water partition coefficient (Wildman–Crippen LogP) is 2.18. The maximum Gasteiger partial charge on any atom is 0.339 e. The summed E-state index contributed by atoms with van der Waals surface area (Å²) >= 11 is 0. The lowest BCUT2D eigenvalue weighted by atomic mass is 9.77. The van der Waals surface area contributed by atoms with E-state index < -0.39 is 54.2 Å². The second kappa shape index (κ2) is 10.3. The Kier molecular flexibility index (Phi) is 7.18. The maximum atomic E-state index is 14.0. The van der Waals surface area contributed by atoms with Crippen LogP contribution < -0.4 is 0 Å². The molecule has 0 bridgehead atoms. The number of carbonyl (C=O) groups is 3. The van der Waals surface area contributed by atoms with Crippen LogP contribution >= 0.6 is 0 Å². The van der Waals surface area contributed by atoms with E-state index in [1.54, 1.807) is 54.6 Å². The number of aliphatic hydroxyl groups is 3. The van der Waals surface area contributed by atoms with Crippen molar-refractivity contribution in [1.29, 1.82) is 0 Å². The van der Waals surface area contributed by atoms with E-state index in [9.17, 15) is 29.7 Å². The highest BCUT2D eigenvalue weighted by Crippen LogP contribution is 2.36. The minimum atomic E-state index is -2.61. The van der Waals surface area contributed by atoms with E-state index >= 15 is 0 Å². The third kappa shape index (κ3) is 4.78. The molecule has 8 nitrogen and oxygen atoms in total. The number of ether oxygens (including phenoxy) is 2. The first kappa shape index (κ1) is 24.4. The minimum absolute atomic E-state index is 0.0522. The molecular formula is C27H24O8. The van der Waals surface area contributed by atoms with Gasteiger partial charge in [-0.05, 0) is 12.1 Å². The molecular weight excluding hydrogens is 452 g/mol. The molecule has 0 unspecified atom stereocenters. The first-order valence-corrected chi connectivity index (χ1v) is 11.0. The molecule has 1 aliphatic heterocycles. The molecule has 3 aromatic carbocycles. The Labute approximate surface area is 201 Å². The van der Waals surface area contributed by atoms with Crippen LogP contribution in [0.1, 0.15) is 37.5 Å². The lowest BCUT2D eigenvalue weighted by molar-refractivity contribution is -0.265. The van der Waals surface area contributed by atoms with Crippen molar-refractivity contribution >= 4 is 17.5 Å². The van der Waals surface area contributed by atoms with Crippen molar-refractivity contribution < 1.29 is 39.2 Å². The van der Waals surface area contributed by atoms with Gasteiger partial charge in [-0.3, -0.25) is 9.59 Å². The van der Waals surface area contributed by atoms with Gasteiger partial charge in [0.25, 0.3) is 5.60 Å². The van der Waals surface area contributed by atoms with Gasteiger partial charge in [-0.2, -0.15) is 0 Å². The number of ketones is 2. The van der Waals surface area contributed by atoms with Crippen molar-refractivity contribution in [2.24, 2.45) is 0 Å². The molecule has 3 aromatic rings. The number of benzene rings is 3. The molecule has 1 fully saturated rings. The molecule has 0 aromatic heterocycles. The molecule has 35 heavy (non-hydrogen) atoms. The van der Waals surface area contributed by atoms with Gasteiger partial charge >= 0.3 is 5.97 Å². The topological polar surface area (TPSA) is 130 Å². The van der Waals surface area contributed by atoms with E-state index in [1.165, 1.54) is 36.4 Å². The average Bonchev–Trinajstić information content (AvgIpc) is 2.90. The highest BCUT2D eigenvalue weighted by atomic mass is 16.7. The normalized spacial score (nSPS) is 22.3. The molecule has 0 spiro atoms. The van der Waals surface area contributed by atoms with Crippen LogP contribution in [0.4, 0.5) is 0 Å². The Morgan fingerprint density at radius 1 is 0.714 bits per heavy atom. The monoisotopic (exact) mass is 476 g/mol. The molecule has 4 rings (SSSR count). The molecule has 1 saturated heterocycles. The third-order valence-corrected chi connectivity index (χ3v) is 5.91. The average molecular weight is 476 g/mol. The van der Waals surface area contributed by atoms with Crippen LogP contribution in [-0.2, 0) is 9.47 Å². The maximum absolute atomic E-state index is 14.0. The molecule has 8 heteroatoms. The fourth-order valence-electron chi connectivity index (χ4n) is 4.06. The Balaban J connectivity index is 1.91. The number of rotatable bonds is 7. The standard InChI is InChI=1S/C27H24O8/c28-20-16-21(34-26(33)22(20)29)27(23(30)17-10-4-1-5-11-17,24(31)18-12-6-2-7-13-18)35-25(32)19-14-8-3-9-15-19/h1-15,20-22,26,28-29,33H,16H2/t20-,21-,22+,26-/m0/s1. The summed E-state index contributed by atoms with van der Waals surface area (Å²) in [5, 5.41) is 30.6. The molecule has 0 saturated carbocycles. The lowest BCUT2D eigenvalue weighted by Gasteiger charge is -2.43. The first-order valence-electron chi connectivity index (χ1n) is 11.0. The molecule has 0 radical (unpaired) electrons. The summed E-state index contributed by atoms with van der Waals surface area (Å²) < 4.78 is 11.2.